The van der Waals surface area contributed by atoms with Crippen LogP contribution in [0.5, 0.6) is 5.75 Å². The molecular formula is C18H18N2O4. The monoisotopic (exact) mass is 326 g/mol. The lowest BCUT2D eigenvalue weighted by Gasteiger charge is -2.15. The molecule has 0 saturated heterocycles. The van der Waals surface area contributed by atoms with E-state index in [2.05, 4.69) is 10.6 Å². The summed E-state index contributed by atoms with van der Waals surface area (Å²) < 4.78 is 11.2. The maximum absolute atomic E-state index is 12.2. The lowest BCUT2D eigenvalue weighted by atomic mass is 10.1. The van der Waals surface area contributed by atoms with Crippen LogP contribution in [0.2, 0.25) is 0 Å². The first-order valence-electron chi connectivity index (χ1n) is 7.57. The maximum Gasteiger partial charge on any atom is 0.246 e. The van der Waals surface area contributed by atoms with Gasteiger partial charge >= 0.3 is 0 Å². The van der Waals surface area contributed by atoms with E-state index >= 15 is 0 Å². The van der Waals surface area contributed by atoms with Crippen LogP contribution in [0.3, 0.4) is 0 Å². The van der Waals surface area contributed by atoms with Crippen LogP contribution in [0, 0.1) is 0 Å². The predicted molar refractivity (Wildman–Crippen MR) is 92.2 cm³/mol. The molecule has 0 spiro atoms. The van der Waals surface area contributed by atoms with E-state index in [-0.39, 0.29) is 11.8 Å². The van der Waals surface area contributed by atoms with Crippen LogP contribution in [0.15, 0.2) is 40.8 Å². The zero-order valence-corrected chi connectivity index (χ0v) is 13.7. The standard InChI is InChI=1S/C18H18N2O4/c1-10(19-11(2)21)18(22)20-14-9-16-13(8-17(14)23-3)12-6-4-5-7-15(12)24-16/h4-10H,1-3H3,(H,19,21)(H,20,22). The van der Waals surface area contributed by atoms with Crippen molar-refractivity contribution in [1.29, 1.82) is 0 Å². The Hall–Kier alpha value is -3.02. The van der Waals surface area contributed by atoms with Gasteiger partial charge in [0.2, 0.25) is 11.8 Å². The van der Waals surface area contributed by atoms with Crippen molar-refractivity contribution in [3.63, 3.8) is 0 Å². The second-order valence-corrected chi connectivity index (χ2v) is 5.56. The zero-order valence-electron chi connectivity index (χ0n) is 13.7. The van der Waals surface area contributed by atoms with Gasteiger partial charge in [-0.1, -0.05) is 18.2 Å². The summed E-state index contributed by atoms with van der Waals surface area (Å²) in [5, 5.41) is 7.20. The second-order valence-electron chi connectivity index (χ2n) is 5.56. The minimum Gasteiger partial charge on any atom is -0.495 e. The van der Waals surface area contributed by atoms with Crippen LogP contribution in [0.4, 0.5) is 5.69 Å². The van der Waals surface area contributed by atoms with E-state index in [0.29, 0.717) is 17.0 Å². The number of benzene rings is 2. The minimum atomic E-state index is -0.654. The Morgan fingerprint density at radius 3 is 2.58 bits per heavy atom. The molecule has 3 rings (SSSR count). The van der Waals surface area contributed by atoms with Gasteiger partial charge in [-0.15, -0.1) is 0 Å². The second kappa shape index (κ2) is 6.23. The normalized spacial score (nSPS) is 12.1. The molecule has 24 heavy (non-hydrogen) atoms. The molecule has 2 aromatic carbocycles. The van der Waals surface area contributed by atoms with E-state index in [4.69, 9.17) is 9.15 Å². The number of carbonyl (C=O) groups excluding carboxylic acids is 2. The molecule has 1 heterocycles. The molecule has 6 heteroatoms. The molecule has 0 aliphatic rings. The predicted octanol–water partition coefficient (Wildman–Crippen LogP) is 3.06. The molecule has 124 valence electrons. The number of hydrogen-bond acceptors (Lipinski definition) is 4. The van der Waals surface area contributed by atoms with Gasteiger partial charge in [0, 0.05) is 23.8 Å². The summed E-state index contributed by atoms with van der Waals surface area (Å²) in [5.74, 6) is -0.0752. The molecule has 0 saturated carbocycles. The van der Waals surface area contributed by atoms with Crippen molar-refractivity contribution in [2.75, 3.05) is 12.4 Å². The van der Waals surface area contributed by atoms with Gasteiger partial charge in [-0.3, -0.25) is 9.59 Å². The summed E-state index contributed by atoms with van der Waals surface area (Å²) in [6.07, 6.45) is 0. The van der Waals surface area contributed by atoms with Gasteiger partial charge in [-0.05, 0) is 19.1 Å². The van der Waals surface area contributed by atoms with Crippen molar-refractivity contribution in [1.82, 2.24) is 5.32 Å². The minimum absolute atomic E-state index is 0.266. The molecule has 1 atom stereocenters. The van der Waals surface area contributed by atoms with Gasteiger partial charge in [0.15, 0.2) is 0 Å². The smallest absolute Gasteiger partial charge is 0.246 e. The summed E-state index contributed by atoms with van der Waals surface area (Å²) >= 11 is 0. The number of fused-ring (bicyclic) bond motifs is 3. The van der Waals surface area contributed by atoms with E-state index in [0.717, 1.165) is 16.4 Å². The lowest BCUT2D eigenvalue weighted by Crippen LogP contribution is -2.40. The molecule has 2 amide bonds. The summed E-state index contributed by atoms with van der Waals surface area (Å²) in [5.41, 5.74) is 1.91. The Morgan fingerprint density at radius 2 is 1.88 bits per heavy atom. The summed E-state index contributed by atoms with van der Waals surface area (Å²) in [6.45, 7) is 2.98. The van der Waals surface area contributed by atoms with Gasteiger partial charge in [0.05, 0.1) is 12.8 Å². The highest BCUT2D eigenvalue weighted by molar-refractivity contribution is 6.08. The largest absolute Gasteiger partial charge is 0.495 e. The Kier molecular flexibility index (Phi) is 4.12. The third-order valence-corrected chi connectivity index (χ3v) is 3.77. The summed E-state index contributed by atoms with van der Waals surface area (Å²) in [6, 6.07) is 10.6. The molecule has 0 fully saturated rings. The molecule has 2 N–H and O–H groups in total. The van der Waals surface area contributed by atoms with Crippen molar-refractivity contribution in [3.05, 3.63) is 36.4 Å². The number of nitrogens with one attached hydrogen (secondary N) is 2. The first kappa shape index (κ1) is 15.9. The molecule has 0 radical (unpaired) electrons. The van der Waals surface area contributed by atoms with Crippen molar-refractivity contribution in [2.24, 2.45) is 0 Å². The SMILES string of the molecule is COc1cc2c(cc1NC(=O)C(C)NC(C)=O)oc1ccccc12. The van der Waals surface area contributed by atoms with Gasteiger partial charge in [0.25, 0.3) is 0 Å². The van der Waals surface area contributed by atoms with Crippen LogP contribution in [-0.4, -0.2) is 25.0 Å². The van der Waals surface area contributed by atoms with Crippen LogP contribution < -0.4 is 15.4 Å². The molecule has 1 unspecified atom stereocenters. The fraction of sp³-hybridized carbons (Fsp3) is 0.222. The molecular weight excluding hydrogens is 308 g/mol. The summed E-state index contributed by atoms with van der Waals surface area (Å²) in [7, 11) is 1.54. The lowest BCUT2D eigenvalue weighted by molar-refractivity contribution is -0.124. The van der Waals surface area contributed by atoms with Crippen LogP contribution in [-0.2, 0) is 9.59 Å². The van der Waals surface area contributed by atoms with Gasteiger partial charge in [0.1, 0.15) is 23.0 Å². The van der Waals surface area contributed by atoms with Crippen LogP contribution >= 0.6 is 0 Å². The number of rotatable bonds is 4. The van der Waals surface area contributed by atoms with Crippen molar-refractivity contribution in [2.45, 2.75) is 19.9 Å². The Morgan fingerprint density at radius 1 is 1.12 bits per heavy atom. The summed E-state index contributed by atoms with van der Waals surface area (Å²) in [4.78, 5) is 23.3. The number of amides is 2. The maximum atomic E-state index is 12.2. The number of furan rings is 1. The first-order valence-corrected chi connectivity index (χ1v) is 7.57. The van der Waals surface area contributed by atoms with E-state index in [1.165, 1.54) is 14.0 Å². The Bertz CT molecular complexity index is 929. The molecule has 3 aromatic rings. The number of anilines is 1. The molecule has 0 aliphatic heterocycles. The molecule has 0 bridgehead atoms. The number of hydrogen-bond donors (Lipinski definition) is 2. The Balaban J connectivity index is 1.99. The van der Waals surface area contributed by atoms with Crippen LogP contribution in [0.25, 0.3) is 21.9 Å². The third kappa shape index (κ3) is 2.90. The highest BCUT2D eigenvalue weighted by Gasteiger charge is 2.18. The van der Waals surface area contributed by atoms with Crippen molar-refractivity contribution in [3.8, 4) is 5.75 Å². The fourth-order valence-corrected chi connectivity index (χ4v) is 2.63. The van der Waals surface area contributed by atoms with Crippen molar-refractivity contribution >= 4 is 39.4 Å². The first-order chi connectivity index (χ1) is 11.5. The fourth-order valence-electron chi connectivity index (χ4n) is 2.63. The van der Waals surface area contributed by atoms with Crippen LogP contribution in [0.1, 0.15) is 13.8 Å². The molecule has 0 aliphatic carbocycles. The highest BCUT2D eigenvalue weighted by Crippen LogP contribution is 2.36. The number of carbonyl (C=O) groups is 2. The third-order valence-electron chi connectivity index (χ3n) is 3.77. The van der Waals surface area contributed by atoms with Crippen molar-refractivity contribution < 1.29 is 18.7 Å². The molecule has 1 aromatic heterocycles. The number of ether oxygens (including phenoxy) is 1. The van der Waals surface area contributed by atoms with Gasteiger partial charge in [-0.25, -0.2) is 0 Å². The van der Waals surface area contributed by atoms with E-state index in [1.54, 1.807) is 13.0 Å². The average molecular weight is 326 g/mol. The number of para-hydroxylation sites is 1. The van der Waals surface area contributed by atoms with E-state index in [9.17, 15) is 9.59 Å². The zero-order chi connectivity index (χ0) is 17.3. The van der Waals surface area contributed by atoms with Gasteiger partial charge in [-0.2, -0.15) is 0 Å². The Labute approximate surface area is 138 Å². The quantitative estimate of drug-likeness (QED) is 0.772. The van der Waals surface area contributed by atoms with Gasteiger partial charge < -0.3 is 19.8 Å². The highest BCUT2D eigenvalue weighted by atomic mass is 16.5. The number of methoxy groups -OCH3 is 1. The van der Waals surface area contributed by atoms with E-state index in [1.807, 2.05) is 30.3 Å². The topological polar surface area (TPSA) is 80.6 Å². The van der Waals surface area contributed by atoms with E-state index < -0.39 is 6.04 Å². The molecule has 6 nitrogen and oxygen atoms in total. The average Bonchev–Trinajstić information content (AvgIpc) is 2.90.